The zero-order chi connectivity index (χ0) is 8.85. The number of nitrogens with zero attached hydrogens (tertiary/aromatic N) is 1. The predicted octanol–water partition coefficient (Wildman–Crippen LogP) is -2.01. The second-order valence-electron chi connectivity index (χ2n) is 1.61. The fourth-order valence-electron chi connectivity index (χ4n) is 0.418. The van der Waals surface area contributed by atoms with Crippen molar-refractivity contribution in [2.24, 2.45) is 0 Å². The summed E-state index contributed by atoms with van der Waals surface area (Å²) in [7, 11) is -4.08. The molecule has 0 saturated heterocycles. The number of rotatable bonds is 5. The van der Waals surface area contributed by atoms with Crippen molar-refractivity contribution in [3.63, 3.8) is 0 Å². The molecule has 0 fully saturated rings. The largest absolute Gasteiger partial charge is 0.300 e. The molecule has 8 heteroatoms. The predicted molar refractivity (Wildman–Crippen MR) is 39.2 cm³/mol. The Morgan fingerprint density at radius 3 is 1.64 bits per heavy atom. The first kappa shape index (κ1) is 10.8. The first-order chi connectivity index (χ1) is 5.06. The summed E-state index contributed by atoms with van der Waals surface area (Å²) in [5.74, 6) is -0.815. The van der Waals surface area contributed by atoms with Gasteiger partial charge in [0.2, 0.25) is 0 Å². The van der Waals surface area contributed by atoms with Gasteiger partial charge >= 0.3 is 0 Å². The molecule has 0 bridgehead atoms. The van der Waals surface area contributed by atoms with Crippen molar-refractivity contribution < 1.29 is 21.7 Å². The van der Waals surface area contributed by atoms with Gasteiger partial charge in [-0.3, -0.25) is 0 Å². The Labute approximate surface area is 67.6 Å². The highest BCUT2D eigenvalue weighted by Crippen LogP contribution is 1.86. The van der Waals surface area contributed by atoms with Gasteiger partial charge in [-0.25, -0.2) is 16.8 Å². The van der Waals surface area contributed by atoms with E-state index in [0.29, 0.717) is 0 Å². The fourth-order valence-corrected chi connectivity index (χ4v) is 1.52. The average Bonchev–Trinajstić information content (AvgIpc) is 1.84. The van der Waals surface area contributed by atoms with Crippen LogP contribution in [0.1, 0.15) is 0 Å². The van der Waals surface area contributed by atoms with Crippen molar-refractivity contribution in [3.05, 3.63) is 0 Å². The fraction of sp³-hybridized carbons (Fsp3) is 1.00. The molecule has 0 N–H and O–H groups in total. The van der Waals surface area contributed by atoms with Crippen LogP contribution in [0.2, 0.25) is 0 Å². The molecule has 0 aromatic carbocycles. The van der Waals surface area contributed by atoms with E-state index in [9.17, 15) is 16.8 Å². The zero-order valence-electron chi connectivity index (χ0n) is 5.80. The van der Waals surface area contributed by atoms with Crippen LogP contribution in [0.5, 0.6) is 0 Å². The van der Waals surface area contributed by atoms with Crippen molar-refractivity contribution in [3.8, 4) is 0 Å². The minimum absolute atomic E-state index is 0.408. The van der Waals surface area contributed by atoms with Gasteiger partial charge in [-0.15, -0.1) is 0 Å². The summed E-state index contributed by atoms with van der Waals surface area (Å²) in [6, 6.07) is 0. The van der Waals surface area contributed by atoms with E-state index in [2.05, 4.69) is 4.84 Å². The Bertz CT molecular complexity index is 204. The summed E-state index contributed by atoms with van der Waals surface area (Å²) in [5, 5.41) is 0.831. The summed E-state index contributed by atoms with van der Waals surface area (Å²) in [5.41, 5.74) is 0. The van der Waals surface area contributed by atoms with E-state index in [4.69, 9.17) is 0 Å². The van der Waals surface area contributed by atoms with Crippen LogP contribution in [-0.2, 0) is 26.2 Å². The molecule has 0 heterocycles. The first-order valence-corrected chi connectivity index (χ1v) is 5.31. The van der Waals surface area contributed by atoms with Crippen LogP contribution >= 0.6 is 0 Å². The minimum atomic E-state index is -2.64. The number of hydrogen-bond acceptors (Lipinski definition) is 6. The van der Waals surface area contributed by atoms with E-state index in [1.54, 1.807) is 0 Å². The van der Waals surface area contributed by atoms with E-state index >= 15 is 0 Å². The molecule has 0 rings (SSSR count). The molecule has 11 heavy (non-hydrogen) atoms. The van der Waals surface area contributed by atoms with Gasteiger partial charge in [0.05, 0.1) is 7.11 Å². The van der Waals surface area contributed by atoms with Gasteiger partial charge in [0, 0.05) is 0 Å². The van der Waals surface area contributed by atoms with E-state index in [1.165, 1.54) is 7.11 Å². The number of hydroxylamine groups is 2. The third-order valence-electron chi connectivity index (χ3n) is 0.805. The van der Waals surface area contributed by atoms with Crippen LogP contribution in [0.3, 0.4) is 0 Å². The van der Waals surface area contributed by atoms with Gasteiger partial charge in [-0.05, 0) is 0 Å². The van der Waals surface area contributed by atoms with Crippen LogP contribution in [0.4, 0.5) is 0 Å². The molecule has 0 aromatic heterocycles. The molecular formula is C3H9NO5S2. The zero-order valence-corrected chi connectivity index (χ0v) is 7.59. The third-order valence-corrected chi connectivity index (χ3v) is 1.90. The standard InChI is InChI=1S/C3H9NO5S2/c1-9-4(2-10(5)6)3-11(7)8/h10-11H,2-3H2,1H3. The molecule has 0 radical (unpaired) electrons. The smallest absolute Gasteiger partial charge is 0.155 e. The van der Waals surface area contributed by atoms with E-state index in [-0.39, 0.29) is 0 Å². The molecule has 0 aromatic rings. The average molecular weight is 203 g/mol. The molecule has 0 atom stereocenters. The Hall–Kier alpha value is -0.180. The Kier molecular flexibility index (Phi) is 5.38. The Morgan fingerprint density at radius 1 is 1.09 bits per heavy atom. The van der Waals surface area contributed by atoms with Crippen LogP contribution in [0.15, 0.2) is 0 Å². The third kappa shape index (κ3) is 6.23. The van der Waals surface area contributed by atoms with Gasteiger partial charge in [-0.1, -0.05) is 0 Å². The molecule has 0 aliphatic carbocycles. The lowest BCUT2D eigenvalue weighted by Gasteiger charge is -2.11. The Morgan fingerprint density at radius 2 is 1.45 bits per heavy atom. The van der Waals surface area contributed by atoms with Crippen molar-refractivity contribution in [1.82, 2.24) is 5.06 Å². The molecule has 68 valence electrons. The highest BCUT2D eigenvalue weighted by Gasteiger charge is 2.04. The van der Waals surface area contributed by atoms with E-state index in [1.807, 2.05) is 0 Å². The lowest BCUT2D eigenvalue weighted by atomic mass is 11.2. The molecule has 0 amide bonds. The lowest BCUT2D eigenvalue weighted by molar-refractivity contribution is -0.0997. The maximum Gasteiger partial charge on any atom is 0.155 e. The van der Waals surface area contributed by atoms with Crippen LogP contribution in [0.25, 0.3) is 0 Å². The lowest BCUT2D eigenvalue weighted by Crippen LogP contribution is -2.26. The van der Waals surface area contributed by atoms with Crippen molar-refractivity contribution >= 4 is 21.4 Å². The van der Waals surface area contributed by atoms with Crippen LogP contribution in [-0.4, -0.2) is 40.8 Å². The highest BCUT2D eigenvalue weighted by molar-refractivity contribution is 7.73. The monoisotopic (exact) mass is 203 g/mol. The first-order valence-electron chi connectivity index (χ1n) is 2.59. The van der Waals surface area contributed by atoms with Gasteiger partial charge in [-0.2, -0.15) is 5.06 Å². The summed E-state index contributed by atoms with van der Waals surface area (Å²) >= 11 is 0. The number of hydrogen-bond donors (Lipinski definition) is 2. The van der Waals surface area contributed by atoms with Crippen molar-refractivity contribution in [1.29, 1.82) is 0 Å². The van der Waals surface area contributed by atoms with E-state index < -0.39 is 33.2 Å². The number of thiol groups is 2. The molecule has 0 aliphatic rings. The quantitative estimate of drug-likeness (QED) is 0.397. The molecular weight excluding hydrogens is 194 g/mol. The summed E-state index contributed by atoms with van der Waals surface area (Å²) in [6.45, 7) is 0. The van der Waals surface area contributed by atoms with Crippen molar-refractivity contribution in [2.75, 3.05) is 18.9 Å². The van der Waals surface area contributed by atoms with Crippen LogP contribution < -0.4 is 0 Å². The van der Waals surface area contributed by atoms with Gasteiger partial charge in [0.25, 0.3) is 0 Å². The Balaban J connectivity index is 3.95. The van der Waals surface area contributed by atoms with Gasteiger partial charge in [0.15, 0.2) is 21.4 Å². The maximum absolute atomic E-state index is 10.1. The topological polar surface area (TPSA) is 80.8 Å². The SMILES string of the molecule is CON(C[SH](=O)=O)C[SH](=O)=O. The normalized spacial score (nSPS) is 11.6. The van der Waals surface area contributed by atoms with E-state index in [0.717, 1.165) is 5.06 Å². The molecule has 0 aliphatic heterocycles. The summed E-state index contributed by atoms with van der Waals surface area (Å²) in [6.07, 6.45) is 0. The highest BCUT2D eigenvalue weighted by atomic mass is 32.2. The molecule has 0 unspecified atom stereocenters. The van der Waals surface area contributed by atoms with Crippen LogP contribution in [0, 0.1) is 0 Å². The molecule has 0 saturated carbocycles. The summed E-state index contributed by atoms with van der Waals surface area (Å²) in [4.78, 5) is 4.44. The minimum Gasteiger partial charge on any atom is -0.300 e. The van der Waals surface area contributed by atoms with Gasteiger partial charge < -0.3 is 4.84 Å². The molecule has 0 spiro atoms. The van der Waals surface area contributed by atoms with Gasteiger partial charge in [0.1, 0.15) is 11.8 Å². The van der Waals surface area contributed by atoms with Crippen molar-refractivity contribution in [2.45, 2.75) is 0 Å². The maximum atomic E-state index is 10.1. The second-order valence-corrected chi connectivity index (χ2v) is 3.51. The second kappa shape index (κ2) is 5.47. The summed E-state index contributed by atoms with van der Waals surface area (Å²) < 4.78 is 40.3. The molecule has 6 nitrogen and oxygen atoms in total.